The zero-order chi connectivity index (χ0) is 19.9. The number of hydrogen-bond acceptors (Lipinski definition) is 3. The number of carbonyl (C=O) groups is 1. The van der Waals surface area contributed by atoms with Crippen molar-refractivity contribution in [1.29, 1.82) is 0 Å². The zero-order valence-corrected chi connectivity index (χ0v) is 15.3. The maximum Gasteiger partial charge on any atom is 0.416 e. The molecule has 1 heterocycles. The first kappa shape index (κ1) is 20.7. The molecule has 0 aliphatic heterocycles. The molecule has 1 amide bonds. The number of carbonyl (C=O) groups excluding carboxylic acids is 1. The fourth-order valence-corrected chi connectivity index (χ4v) is 2.26. The van der Waals surface area contributed by atoms with Crippen LogP contribution in [-0.2, 0) is 12.6 Å². The van der Waals surface area contributed by atoms with Gasteiger partial charge in [-0.1, -0.05) is 32.4 Å². The smallest absolute Gasteiger partial charge is 0.416 e. The average Bonchev–Trinajstić information content (AvgIpc) is 2.66. The van der Waals surface area contributed by atoms with Crippen molar-refractivity contribution in [3.63, 3.8) is 0 Å². The Morgan fingerprint density at radius 2 is 2.04 bits per heavy atom. The van der Waals surface area contributed by atoms with E-state index in [-0.39, 0.29) is 18.3 Å². The number of pyridine rings is 1. The van der Waals surface area contributed by atoms with Crippen LogP contribution in [0.15, 0.2) is 42.6 Å². The Bertz CT molecular complexity index is 746. The summed E-state index contributed by atoms with van der Waals surface area (Å²) in [4.78, 5) is 16.1. The van der Waals surface area contributed by atoms with Crippen LogP contribution in [0.25, 0.3) is 0 Å². The maximum atomic E-state index is 12.7. The largest absolute Gasteiger partial charge is 0.493 e. The lowest BCUT2D eigenvalue weighted by atomic mass is 10.1. The molecule has 0 aliphatic carbocycles. The van der Waals surface area contributed by atoms with Crippen LogP contribution in [0.5, 0.6) is 5.75 Å². The highest BCUT2D eigenvalue weighted by Crippen LogP contribution is 2.31. The van der Waals surface area contributed by atoms with Gasteiger partial charge in [-0.25, -0.2) is 0 Å². The summed E-state index contributed by atoms with van der Waals surface area (Å²) in [7, 11) is 0. The average molecular weight is 380 g/mol. The molecule has 2 aromatic rings. The van der Waals surface area contributed by atoms with Crippen molar-refractivity contribution < 1.29 is 22.7 Å². The molecule has 4 nitrogen and oxygen atoms in total. The number of rotatable bonds is 8. The molecule has 146 valence electrons. The first-order valence-electron chi connectivity index (χ1n) is 8.82. The number of ether oxygens (including phenoxy) is 1. The number of benzene rings is 1. The predicted octanol–water partition coefficient (Wildman–Crippen LogP) is 4.50. The third-order valence-electron chi connectivity index (χ3n) is 4.19. The van der Waals surface area contributed by atoms with Crippen LogP contribution in [0.1, 0.15) is 41.9 Å². The van der Waals surface area contributed by atoms with Crippen LogP contribution in [-0.4, -0.2) is 24.0 Å². The molecule has 1 unspecified atom stereocenters. The van der Waals surface area contributed by atoms with Crippen LogP contribution in [0.3, 0.4) is 0 Å². The monoisotopic (exact) mass is 380 g/mol. The molecular weight excluding hydrogens is 357 g/mol. The molecule has 27 heavy (non-hydrogen) atoms. The second kappa shape index (κ2) is 9.39. The van der Waals surface area contributed by atoms with E-state index in [0.717, 1.165) is 24.1 Å². The first-order chi connectivity index (χ1) is 12.8. The van der Waals surface area contributed by atoms with Gasteiger partial charge in [-0.2, -0.15) is 13.2 Å². The van der Waals surface area contributed by atoms with Gasteiger partial charge < -0.3 is 10.1 Å². The Kier molecular flexibility index (Phi) is 7.21. The van der Waals surface area contributed by atoms with Gasteiger partial charge in [-0.15, -0.1) is 0 Å². The number of nitrogens with zero attached hydrogens (tertiary/aromatic N) is 1. The molecule has 0 saturated heterocycles. The molecule has 2 rings (SSSR count). The highest BCUT2D eigenvalue weighted by Gasteiger charge is 2.30. The Labute approximate surface area is 156 Å². The molecule has 1 N–H and O–H groups in total. The summed E-state index contributed by atoms with van der Waals surface area (Å²) in [5.74, 6) is 0.349. The summed E-state index contributed by atoms with van der Waals surface area (Å²) < 4.78 is 43.4. The van der Waals surface area contributed by atoms with Gasteiger partial charge in [0.25, 0.3) is 5.91 Å². The van der Waals surface area contributed by atoms with E-state index in [9.17, 15) is 18.0 Å². The molecule has 0 saturated carbocycles. The highest BCUT2D eigenvalue weighted by atomic mass is 19.4. The second-order valence-corrected chi connectivity index (χ2v) is 6.40. The van der Waals surface area contributed by atoms with Gasteiger partial charge in [0.2, 0.25) is 0 Å². The van der Waals surface area contributed by atoms with E-state index < -0.39 is 11.7 Å². The molecule has 1 atom stereocenters. The minimum Gasteiger partial charge on any atom is -0.493 e. The first-order valence-corrected chi connectivity index (χ1v) is 8.82. The molecule has 1 aromatic carbocycles. The van der Waals surface area contributed by atoms with Crippen molar-refractivity contribution in [2.75, 3.05) is 13.2 Å². The molecule has 0 bridgehead atoms. The fraction of sp³-hybridized carbons (Fsp3) is 0.400. The van der Waals surface area contributed by atoms with Crippen LogP contribution >= 0.6 is 0 Å². The Morgan fingerprint density at radius 3 is 2.67 bits per heavy atom. The van der Waals surface area contributed by atoms with Gasteiger partial charge in [-0.3, -0.25) is 9.78 Å². The van der Waals surface area contributed by atoms with Gasteiger partial charge in [0.05, 0.1) is 12.2 Å². The minimum absolute atomic E-state index is 0.166. The Hall–Kier alpha value is -2.57. The third kappa shape index (κ3) is 6.58. The molecular formula is C20H23F3N2O2. The molecule has 0 fully saturated rings. The number of alkyl halides is 3. The van der Waals surface area contributed by atoms with Gasteiger partial charge in [0.15, 0.2) is 0 Å². The number of amides is 1. The minimum atomic E-state index is -4.39. The summed E-state index contributed by atoms with van der Waals surface area (Å²) in [5.41, 5.74) is 0.427. The Morgan fingerprint density at radius 1 is 1.26 bits per heavy atom. The van der Waals surface area contributed by atoms with Crippen molar-refractivity contribution in [3.05, 3.63) is 59.4 Å². The van der Waals surface area contributed by atoms with Crippen molar-refractivity contribution in [2.45, 2.75) is 32.9 Å². The summed E-state index contributed by atoms with van der Waals surface area (Å²) in [6.07, 6.45) is -1.36. The van der Waals surface area contributed by atoms with Crippen molar-refractivity contribution >= 4 is 5.91 Å². The molecule has 0 aliphatic rings. The fourth-order valence-electron chi connectivity index (χ4n) is 2.26. The lowest BCUT2D eigenvalue weighted by Gasteiger charge is -2.11. The van der Waals surface area contributed by atoms with E-state index in [2.05, 4.69) is 24.1 Å². The van der Waals surface area contributed by atoms with Crippen molar-refractivity contribution in [1.82, 2.24) is 10.3 Å². The molecule has 0 spiro atoms. The number of halogens is 3. The van der Waals surface area contributed by atoms with Crippen LogP contribution in [0.4, 0.5) is 13.2 Å². The van der Waals surface area contributed by atoms with E-state index in [1.165, 1.54) is 12.1 Å². The van der Waals surface area contributed by atoms with E-state index in [1.807, 2.05) is 0 Å². The third-order valence-corrected chi connectivity index (χ3v) is 4.19. The molecule has 7 heteroatoms. The van der Waals surface area contributed by atoms with E-state index in [1.54, 1.807) is 18.3 Å². The predicted molar refractivity (Wildman–Crippen MR) is 96.7 cm³/mol. The number of aromatic nitrogens is 1. The maximum absolute atomic E-state index is 12.7. The quantitative estimate of drug-likeness (QED) is 0.734. The van der Waals surface area contributed by atoms with Crippen LogP contribution < -0.4 is 10.1 Å². The van der Waals surface area contributed by atoms with E-state index in [4.69, 9.17) is 4.74 Å². The normalized spacial score (nSPS) is 12.5. The van der Waals surface area contributed by atoms with Crippen LogP contribution in [0, 0.1) is 5.92 Å². The highest BCUT2D eigenvalue weighted by molar-refractivity contribution is 5.92. The van der Waals surface area contributed by atoms with Crippen molar-refractivity contribution in [3.8, 4) is 5.75 Å². The summed E-state index contributed by atoms with van der Waals surface area (Å²) in [5, 5.41) is 2.83. The summed E-state index contributed by atoms with van der Waals surface area (Å²) in [6, 6.07) is 8.17. The SMILES string of the molecule is CCC(C)CNC(=O)c1ccc(CCOc2cccc(C(F)(F)F)c2)cn1. The van der Waals surface area contributed by atoms with Crippen LogP contribution in [0.2, 0.25) is 0 Å². The number of hydrogen-bond donors (Lipinski definition) is 1. The van der Waals surface area contributed by atoms with E-state index in [0.29, 0.717) is 24.6 Å². The molecule has 0 radical (unpaired) electrons. The Balaban J connectivity index is 1.84. The van der Waals surface area contributed by atoms with Gasteiger partial charge >= 0.3 is 6.18 Å². The van der Waals surface area contributed by atoms with Gasteiger partial charge in [0, 0.05) is 19.2 Å². The topological polar surface area (TPSA) is 51.2 Å². The number of nitrogens with one attached hydrogen (secondary N) is 1. The van der Waals surface area contributed by atoms with Crippen molar-refractivity contribution in [2.24, 2.45) is 5.92 Å². The summed E-state index contributed by atoms with van der Waals surface area (Å²) >= 11 is 0. The molecule has 1 aromatic heterocycles. The van der Waals surface area contributed by atoms with Gasteiger partial charge in [-0.05, 0) is 35.7 Å². The lowest BCUT2D eigenvalue weighted by Crippen LogP contribution is -2.28. The summed E-state index contributed by atoms with van der Waals surface area (Å²) in [6.45, 7) is 4.93. The lowest BCUT2D eigenvalue weighted by molar-refractivity contribution is -0.137. The van der Waals surface area contributed by atoms with Gasteiger partial charge in [0.1, 0.15) is 11.4 Å². The second-order valence-electron chi connectivity index (χ2n) is 6.40. The standard InChI is InChI=1S/C20H23F3N2O2/c1-3-14(2)12-25-19(26)18-8-7-15(13-24-18)9-10-27-17-6-4-5-16(11-17)20(21,22)23/h4-8,11,13-14H,3,9-10,12H2,1-2H3,(H,25,26). The van der Waals surface area contributed by atoms with E-state index >= 15 is 0 Å². The zero-order valence-electron chi connectivity index (χ0n) is 15.3.